The maximum atomic E-state index is 12.7. The molecule has 1 aliphatic rings. The Morgan fingerprint density at radius 3 is 2.36 bits per heavy atom. The van der Waals surface area contributed by atoms with Gasteiger partial charge in [0.2, 0.25) is 0 Å². The van der Waals surface area contributed by atoms with E-state index in [1.165, 1.54) is 7.11 Å². The molecule has 1 N–H and O–H groups in total. The highest BCUT2D eigenvalue weighted by Crippen LogP contribution is 2.41. The average Bonchev–Trinajstić information content (AvgIpc) is 2.85. The van der Waals surface area contributed by atoms with Crippen LogP contribution in [0, 0.1) is 5.41 Å². The summed E-state index contributed by atoms with van der Waals surface area (Å²) in [4.78, 5) is 24.4. The Hall–Kier alpha value is -2.21. The van der Waals surface area contributed by atoms with Gasteiger partial charge in [0.1, 0.15) is 0 Å². The summed E-state index contributed by atoms with van der Waals surface area (Å²) in [6.07, 6.45) is -0.0677. The van der Waals surface area contributed by atoms with Gasteiger partial charge in [0, 0.05) is 17.4 Å². The molecule has 22 heavy (non-hydrogen) atoms. The standard InChI is InChI=1S/C16H20N2O4/c1-15(2,3)16(21)10-12(14(20)22-4)17-18(16)13(19)11-8-6-5-7-9-11/h5-9,21H,10H2,1-4H3/t16-/m1/s1. The highest BCUT2D eigenvalue weighted by molar-refractivity contribution is 6.37. The minimum absolute atomic E-state index is 0.0317. The Morgan fingerprint density at radius 1 is 1.27 bits per heavy atom. The molecular weight excluding hydrogens is 284 g/mol. The lowest BCUT2D eigenvalue weighted by Gasteiger charge is -2.41. The molecule has 1 amide bonds. The van der Waals surface area contributed by atoms with Crippen LogP contribution in [0.5, 0.6) is 0 Å². The van der Waals surface area contributed by atoms with Gasteiger partial charge in [0.05, 0.1) is 7.11 Å². The smallest absolute Gasteiger partial charge is 0.354 e. The maximum absolute atomic E-state index is 12.7. The van der Waals surface area contributed by atoms with Crippen LogP contribution >= 0.6 is 0 Å². The molecule has 0 unspecified atom stereocenters. The number of carbonyl (C=O) groups is 2. The first-order chi connectivity index (χ1) is 10.2. The molecule has 6 heteroatoms. The van der Waals surface area contributed by atoms with Gasteiger partial charge in [0.15, 0.2) is 11.4 Å². The summed E-state index contributed by atoms with van der Waals surface area (Å²) in [7, 11) is 1.24. The first-order valence-electron chi connectivity index (χ1n) is 6.98. The Kier molecular flexibility index (Phi) is 4.06. The van der Waals surface area contributed by atoms with Crippen LogP contribution in [0.2, 0.25) is 0 Å². The summed E-state index contributed by atoms with van der Waals surface area (Å²) >= 11 is 0. The van der Waals surface area contributed by atoms with Crippen LogP contribution in [0.3, 0.4) is 0 Å². The monoisotopic (exact) mass is 304 g/mol. The minimum atomic E-state index is -1.59. The van der Waals surface area contributed by atoms with E-state index < -0.39 is 23.0 Å². The van der Waals surface area contributed by atoms with Gasteiger partial charge in [-0.25, -0.2) is 4.79 Å². The van der Waals surface area contributed by atoms with Crippen LogP contribution in [0.15, 0.2) is 35.4 Å². The van der Waals surface area contributed by atoms with Crippen LogP contribution in [-0.4, -0.2) is 40.5 Å². The van der Waals surface area contributed by atoms with Gasteiger partial charge in [-0.1, -0.05) is 39.0 Å². The Labute approximate surface area is 129 Å². The number of esters is 1. The molecule has 1 aromatic carbocycles. The fourth-order valence-electron chi connectivity index (χ4n) is 2.28. The molecule has 1 atom stereocenters. The van der Waals surface area contributed by atoms with Crippen molar-refractivity contribution < 1.29 is 19.4 Å². The van der Waals surface area contributed by atoms with Gasteiger partial charge >= 0.3 is 5.97 Å². The number of amides is 1. The lowest BCUT2D eigenvalue weighted by atomic mass is 9.80. The molecular formula is C16H20N2O4. The van der Waals surface area contributed by atoms with E-state index in [1.54, 1.807) is 51.1 Å². The number of hydrazone groups is 1. The van der Waals surface area contributed by atoms with E-state index in [0.29, 0.717) is 5.56 Å². The van der Waals surface area contributed by atoms with E-state index in [1.807, 2.05) is 0 Å². The molecule has 0 spiro atoms. The fraction of sp³-hybridized carbons (Fsp3) is 0.438. The molecule has 0 saturated carbocycles. The van der Waals surface area contributed by atoms with Crippen LogP contribution < -0.4 is 0 Å². The zero-order chi connectivity index (χ0) is 16.5. The van der Waals surface area contributed by atoms with Crippen molar-refractivity contribution in [3.63, 3.8) is 0 Å². The molecule has 0 aromatic heterocycles. The van der Waals surface area contributed by atoms with Gasteiger partial charge in [-0.3, -0.25) is 4.79 Å². The second kappa shape index (κ2) is 5.53. The maximum Gasteiger partial charge on any atom is 0.354 e. The molecule has 2 rings (SSSR count). The number of benzene rings is 1. The van der Waals surface area contributed by atoms with Gasteiger partial charge in [-0.05, 0) is 12.1 Å². The van der Waals surface area contributed by atoms with Crippen LogP contribution in [-0.2, 0) is 9.53 Å². The number of rotatable bonds is 2. The summed E-state index contributed by atoms with van der Waals surface area (Å²) in [5, 5.41) is 16.0. The van der Waals surface area contributed by atoms with Gasteiger partial charge in [-0.2, -0.15) is 10.1 Å². The molecule has 1 aromatic rings. The quantitative estimate of drug-likeness (QED) is 0.845. The van der Waals surface area contributed by atoms with Crippen molar-refractivity contribution in [2.24, 2.45) is 10.5 Å². The topological polar surface area (TPSA) is 79.2 Å². The molecule has 6 nitrogen and oxygen atoms in total. The highest BCUT2D eigenvalue weighted by Gasteiger charge is 2.54. The van der Waals surface area contributed by atoms with Crippen molar-refractivity contribution in [2.45, 2.75) is 32.9 Å². The highest BCUT2D eigenvalue weighted by atomic mass is 16.5. The van der Waals surface area contributed by atoms with E-state index >= 15 is 0 Å². The number of aliphatic hydroxyl groups is 1. The van der Waals surface area contributed by atoms with Gasteiger partial charge in [0.25, 0.3) is 5.91 Å². The van der Waals surface area contributed by atoms with E-state index in [-0.39, 0.29) is 12.1 Å². The second-order valence-electron chi connectivity index (χ2n) is 6.26. The van der Waals surface area contributed by atoms with Crippen molar-refractivity contribution in [3.05, 3.63) is 35.9 Å². The summed E-state index contributed by atoms with van der Waals surface area (Å²) in [6.45, 7) is 5.36. The van der Waals surface area contributed by atoms with Gasteiger partial charge < -0.3 is 9.84 Å². The lowest BCUT2D eigenvalue weighted by Crippen LogP contribution is -2.55. The third kappa shape index (κ3) is 2.62. The lowest BCUT2D eigenvalue weighted by molar-refractivity contribution is -0.144. The van der Waals surface area contributed by atoms with Crippen molar-refractivity contribution in [1.82, 2.24) is 5.01 Å². The zero-order valence-electron chi connectivity index (χ0n) is 13.2. The molecule has 0 aliphatic carbocycles. The Bertz CT molecular complexity index is 619. The number of hydrogen-bond donors (Lipinski definition) is 1. The van der Waals surface area contributed by atoms with E-state index in [2.05, 4.69) is 9.84 Å². The molecule has 0 fully saturated rings. The zero-order valence-corrected chi connectivity index (χ0v) is 13.2. The Balaban J connectivity index is 2.45. The summed E-state index contributed by atoms with van der Waals surface area (Å²) in [5.74, 6) is -1.11. The predicted octanol–water partition coefficient (Wildman–Crippen LogP) is 1.80. The Morgan fingerprint density at radius 2 is 1.86 bits per heavy atom. The molecule has 118 valence electrons. The third-order valence-electron chi connectivity index (χ3n) is 3.82. The van der Waals surface area contributed by atoms with Crippen LogP contribution in [0.1, 0.15) is 37.6 Å². The normalized spacial score (nSPS) is 21.5. The number of hydrogen-bond acceptors (Lipinski definition) is 5. The summed E-state index contributed by atoms with van der Waals surface area (Å²) < 4.78 is 4.66. The summed E-state index contributed by atoms with van der Waals surface area (Å²) in [6, 6.07) is 8.52. The SMILES string of the molecule is COC(=O)C1=NN(C(=O)c2ccccc2)[C@](O)(C(C)(C)C)C1. The van der Waals surface area contributed by atoms with Crippen molar-refractivity contribution in [3.8, 4) is 0 Å². The van der Waals surface area contributed by atoms with Crippen molar-refractivity contribution >= 4 is 17.6 Å². The first-order valence-corrected chi connectivity index (χ1v) is 6.98. The first kappa shape index (κ1) is 16.2. The largest absolute Gasteiger partial charge is 0.464 e. The fourth-order valence-corrected chi connectivity index (χ4v) is 2.28. The molecule has 0 bridgehead atoms. The second-order valence-corrected chi connectivity index (χ2v) is 6.26. The number of methoxy groups -OCH3 is 1. The van der Waals surface area contributed by atoms with E-state index in [0.717, 1.165) is 5.01 Å². The van der Waals surface area contributed by atoms with E-state index in [4.69, 9.17) is 0 Å². The van der Waals surface area contributed by atoms with Gasteiger partial charge in [-0.15, -0.1) is 0 Å². The van der Waals surface area contributed by atoms with E-state index in [9.17, 15) is 14.7 Å². The minimum Gasteiger partial charge on any atom is -0.464 e. The summed E-state index contributed by atoms with van der Waals surface area (Å²) in [5.41, 5.74) is -1.87. The molecule has 0 radical (unpaired) electrons. The predicted molar refractivity (Wildman–Crippen MR) is 81.1 cm³/mol. The number of ether oxygens (including phenoxy) is 1. The van der Waals surface area contributed by atoms with Crippen LogP contribution in [0.4, 0.5) is 0 Å². The number of nitrogens with zero attached hydrogens (tertiary/aromatic N) is 2. The average molecular weight is 304 g/mol. The van der Waals surface area contributed by atoms with Crippen molar-refractivity contribution in [2.75, 3.05) is 7.11 Å². The third-order valence-corrected chi connectivity index (χ3v) is 3.82. The van der Waals surface area contributed by atoms with Crippen LogP contribution in [0.25, 0.3) is 0 Å². The van der Waals surface area contributed by atoms with Crippen molar-refractivity contribution in [1.29, 1.82) is 0 Å². The molecule has 1 aliphatic heterocycles. The molecule has 0 saturated heterocycles. The number of carbonyl (C=O) groups excluding carboxylic acids is 2. The molecule has 1 heterocycles.